The van der Waals surface area contributed by atoms with Crippen LogP contribution in [0.2, 0.25) is 0 Å². The Morgan fingerprint density at radius 3 is 2.11 bits per heavy atom. The van der Waals surface area contributed by atoms with Crippen LogP contribution in [-0.2, 0) is 85.8 Å². The number of amides is 1. The smallest absolute Gasteiger partial charge is 0.340 e. The summed E-state index contributed by atoms with van der Waals surface area (Å²) < 4.78 is 48.9. The van der Waals surface area contributed by atoms with Crippen LogP contribution in [0, 0.1) is 52.3 Å². The van der Waals surface area contributed by atoms with E-state index in [2.05, 4.69) is 0 Å². The van der Waals surface area contributed by atoms with E-state index in [9.17, 15) is 63.3 Å². The van der Waals surface area contributed by atoms with E-state index in [1.54, 1.807) is 60.9 Å². The third-order valence-electron chi connectivity index (χ3n) is 24.4. The zero-order valence-electron chi connectivity index (χ0n) is 65.2. The van der Waals surface area contributed by atoms with Crippen LogP contribution in [0.1, 0.15) is 217 Å². The summed E-state index contributed by atoms with van der Waals surface area (Å²) in [5.74, 6) is -12.7. The number of methoxy groups -OCH3 is 3. The van der Waals surface area contributed by atoms with Crippen LogP contribution in [0.3, 0.4) is 0 Å². The van der Waals surface area contributed by atoms with Gasteiger partial charge in [0, 0.05) is 126 Å². The fraction of sp³-hybridized carbons (Fsp3) is 0.711. The molecule has 2 saturated carbocycles. The Balaban J connectivity index is 1.01. The van der Waals surface area contributed by atoms with Gasteiger partial charge in [0.2, 0.25) is 11.6 Å². The highest BCUT2D eigenvalue weighted by atomic mass is 16.6. The number of rotatable bonds is 19. The van der Waals surface area contributed by atoms with Crippen LogP contribution in [0.15, 0.2) is 81.9 Å². The first-order valence-electron chi connectivity index (χ1n) is 39.1. The SMILES string of the molecule is CCN(/C=C1/C(=O)O[C@H](COC)[C@@]2(C)C1=C(O)C(=O)C1=C2[C@H](OC(=O)CCCCCCC(=O)O[C@@H]2/C(C)=C/[C@@H](C)C(=O)C[C@@H]([C@H](C)CC3CCC(O)CC3)OC(=O)[C@@H]3CCCCN3C(=O)C(=O)[C@]3(O)O[C@@H](CC[C@H]3C)C[C@H](OC)/C(C)=C/C=C/C=C/[C@@H](C)C[C@@H](C)C(=O)[C@@H]2OC)C[C@]2(C)C(=O)CC[C@@H]12)CC. The second-order valence-corrected chi connectivity index (χ2v) is 31.9. The first-order valence-corrected chi connectivity index (χ1v) is 39.1. The second-order valence-electron chi connectivity index (χ2n) is 31.9. The highest BCUT2D eigenvalue weighted by Gasteiger charge is 2.65. The fourth-order valence-electron chi connectivity index (χ4n) is 17.8. The average molecular weight is 1480 g/mol. The number of hydrogen-bond acceptors (Lipinski definition) is 22. The minimum absolute atomic E-state index is 0.000349. The molecule has 0 aromatic carbocycles. The number of Topliss-reactive ketones (excluding diaryl/α,β-unsaturated/α-hetero) is 5. The maximum Gasteiger partial charge on any atom is 0.340 e. The van der Waals surface area contributed by atoms with Gasteiger partial charge in [-0.1, -0.05) is 90.8 Å². The lowest BCUT2D eigenvalue weighted by atomic mass is 9.53. The predicted octanol–water partition coefficient (Wildman–Crippen LogP) is 11.2. The largest absolute Gasteiger partial charge is 0.504 e. The number of hydrogen-bond donors (Lipinski definition) is 3. The minimum atomic E-state index is -2.49. The number of aliphatic hydroxyl groups excluding tert-OH is 2. The zero-order chi connectivity index (χ0) is 77.7. The molecule has 4 aliphatic heterocycles. The summed E-state index contributed by atoms with van der Waals surface area (Å²) in [6.45, 7) is 20.9. The molecule has 4 heterocycles. The van der Waals surface area contributed by atoms with E-state index in [0.29, 0.717) is 108 Å². The van der Waals surface area contributed by atoms with Crippen LogP contribution in [0.5, 0.6) is 0 Å². The number of piperidine rings is 1. The normalized spacial score (nSPS) is 36.6. The van der Waals surface area contributed by atoms with E-state index in [4.69, 9.17) is 37.9 Å². The van der Waals surface area contributed by atoms with Crippen molar-refractivity contribution >= 4 is 58.7 Å². The van der Waals surface area contributed by atoms with Crippen molar-refractivity contribution in [3.05, 3.63) is 81.9 Å². The third kappa shape index (κ3) is 19.3. The zero-order valence-corrected chi connectivity index (χ0v) is 65.2. The molecule has 0 aromatic heterocycles. The van der Waals surface area contributed by atoms with E-state index in [1.807, 2.05) is 69.9 Å². The molecule has 23 heteroatoms. The van der Waals surface area contributed by atoms with E-state index < -0.39 is 142 Å². The minimum Gasteiger partial charge on any atom is -0.504 e. The van der Waals surface area contributed by atoms with E-state index in [-0.39, 0.29) is 110 Å². The van der Waals surface area contributed by atoms with Gasteiger partial charge in [-0.2, -0.15) is 0 Å². The molecule has 5 fully saturated rings. The van der Waals surface area contributed by atoms with Gasteiger partial charge >= 0.3 is 23.9 Å². The van der Waals surface area contributed by atoms with Crippen molar-refractivity contribution in [1.29, 1.82) is 0 Å². The highest BCUT2D eigenvalue weighted by molar-refractivity contribution is 6.39. The molecule has 4 aliphatic carbocycles. The molecular weight excluding hydrogens is 1360 g/mol. The summed E-state index contributed by atoms with van der Waals surface area (Å²) in [6, 6.07) is -1.21. The van der Waals surface area contributed by atoms with E-state index in [1.165, 1.54) is 19.1 Å². The Morgan fingerprint density at radius 1 is 0.783 bits per heavy atom. The van der Waals surface area contributed by atoms with Gasteiger partial charge in [0.25, 0.3) is 11.7 Å². The second kappa shape index (κ2) is 37.6. The number of allylic oxidation sites excluding steroid dienone is 7. The van der Waals surface area contributed by atoms with Crippen LogP contribution >= 0.6 is 0 Å². The molecule has 8 aliphatic rings. The van der Waals surface area contributed by atoms with Gasteiger partial charge in [0.15, 0.2) is 23.8 Å². The maximum absolute atomic E-state index is 14.8. The molecule has 0 spiro atoms. The topological polar surface area (TPSA) is 312 Å². The van der Waals surface area contributed by atoms with Gasteiger partial charge in [0.05, 0.1) is 35.9 Å². The number of fused-ring (bicyclic) bond motifs is 7. The van der Waals surface area contributed by atoms with Crippen molar-refractivity contribution < 1.29 is 101 Å². The standard InChI is InChI=1S/C83H120N2O21/c1-15-84(16-2)46-58-70-74(93)73(92)69-59-37-38-65(88)81(59,10)45-64(71(69)82(70,11)66(47-99-12)104-79(58)96)102-67(89)29-22-17-18-23-30-68(90)105-75-53(8)41-50(5)61(87)44-63(51(6)42-55-32-34-56(86)35-33-55)103-80(97)60-28-24-25-39-85(60)78(95)77(94)83(98)54(9)31-36-57(106-83)43-62(100-13)49(4)27-21-19-20-26-48(3)40-52(7)72(91)76(75)101-14/h19-21,26-27,41,46,48,50-52,54-57,59-60,62-64,66,75-76,86,93,98H,15-18,22-25,28-40,42-45,47H2,1-14H3/b21-19+,26-20+,49-27+,53-41+,58-46+/t48-,50-,51-,52-,54-,55?,56?,57+,59+,60+,62+,63+,64-,66-,75-,76+,81+,82+,83-/m1/s1. The molecule has 3 N–H and O–H groups in total. The van der Waals surface area contributed by atoms with Crippen molar-refractivity contribution in [3.63, 3.8) is 0 Å². The van der Waals surface area contributed by atoms with Crippen LogP contribution in [0.25, 0.3) is 0 Å². The molecule has 1 amide bonds. The van der Waals surface area contributed by atoms with Crippen molar-refractivity contribution in [3.8, 4) is 0 Å². The lowest BCUT2D eigenvalue weighted by molar-refractivity contribution is -0.265. The summed E-state index contributed by atoms with van der Waals surface area (Å²) >= 11 is 0. The van der Waals surface area contributed by atoms with Crippen LogP contribution in [-0.4, -0.2) is 192 Å². The monoisotopic (exact) mass is 1480 g/mol. The summed E-state index contributed by atoms with van der Waals surface area (Å²) in [6.07, 6.45) is 13.1. The van der Waals surface area contributed by atoms with E-state index in [0.717, 1.165) is 18.4 Å². The Hall–Kier alpha value is -6.76. The Kier molecular flexibility index (Phi) is 30.1. The molecule has 0 radical (unpaired) electrons. The number of ether oxygens (including phenoxy) is 8. The molecule has 2 bridgehead atoms. The Bertz CT molecular complexity index is 3460. The molecule has 0 unspecified atom stereocenters. The molecular formula is C83H120N2O21. The number of carbonyl (C=O) groups excluding carboxylic acids is 10. The van der Waals surface area contributed by atoms with Crippen molar-refractivity contribution in [2.45, 2.75) is 278 Å². The van der Waals surface area contributed by atoms with Gasteiger partial charge in [-0.3, -0.25) is 38.4 Å². The van der Waals surface area contributed by atoms with Gasteiger partial charge in [-0.15, -0.1) is 0 Å². The number of ketones is 5. The molecule has 17 atom stereocenters. The van der Waals surface area contributed by atoms with Gasteiger partial charge in [-0.25, -0.2) is 9.59 Å². The number of esters is 4. The lowest BCUT2D eigenvalue weighted by Crippen LogP contribution is -2.61. The lowest BCUT2D eigenvalue weighted by Gasteiger charge is -2.53. The summed E-state index contributed by atoms with van der Waals surface area (Å²) in [5.41, 5.74) is -0.662. The number of carbonyl (C=O) groups is 10. The number of unbranched alkanes of at least 4 members (excludes halogenated alkanes) is 3. The highest BCUT2D eigenvalue weighted by Crippen LogP contribution is 2.62. The Morgan fingerprint density at radius 2 is 1.46 bits per heavy atom. The van der Waals surface area contributed by atoms with Crippen molar-refractivity contribution in [2.24, 2.45) is 52.3 Å². The predicted molar refractivity (Wildman–Crippen MR) is 393 cm³/mol. The number of nitrogens with zero attached hydrogens (tertiary/aromatic N) is 2. The first kappa shape index (κ1) is 84.9. The number of cyclic esters (lactones) is 2. The third-order valence-corrected chi connectivity index (χ3v) is 24.4. The quantitative estimate of drug-likeness (QED) is 0.0270. The van der Waals surface area contributed by atoms with Gasteiger partial charge in [0.1, 0.15) is 35.9 Å². The summed E-state index contributed by atoms with van der Waals surface area (Å²) in [5, 5.41) is 34.6. The molecule has 588 valence electrons. The molecule has 106 heavy (non-hydrogen) atoms. The first-order chi connectivity index (χ1) is 50.3. The molecule has 23 nitrogen and oxygen atoms in total. The van der Waals surface area contributed by atoms with Gasteiger partial charge < -0.3 is 63.0 Å². The van der Waals surface area contributed by atoms with Crippen LogP contribution in [0.4, 0.5) is 0 Å². The van der Waals surface area contributed by atoms with Crippen molar-refractivity contribution in [2.75, 3.05) is 47.6 Å². The summed E-state index contributed by atoms with van der Waals surface area (Å²) in [7, 11) is 4.37. The van der Waals surface area contributed by atoms with Gasteiger partial charge in [-0.05, 0) is 159 Å². The summed E-state index contributed by atoms with van der Waals surface area (Å²) in [4.78, 5) is 147. The van der Waals surface area contributed by atoms with Crippen molar-refractivity contribution in [1.82, 2.24) is 9.80 Å². The molecule has 3 saturated heterocycles. The molecule has 8 rings (SSSR count). The molecule has 0 aromatic rings. The van der Waals surface area contributed by atoms with E-state index >= 15 is 0 Å². The van der Waals surface area contributed by atoms with Crippen LogP contribution < -0.4 is 0 Å². The number of aliphatic hydroxyl groups is 3. The average Bonchev–Trinajstić information content (AvgIpc) is 1.13. The maximum atomic E-state index is 14.8. The fourth-order valence-corrected chi connectivity index (χ4v) is 17.8. The Labute approximate surface area is 626 Å².